The highest BCUT2D eigenvalue weighted by atomic mass is 16.5. The summed E-state index contributed by atoms with van der Waals surface area (Å²) in [6.07, 6.45) is -0.561. The molecule has 2 aromatic carbocycles. The van der Waals surface area contributed by atoms with Crippen molar-refractivity contribution in [3.8, 4) is 5.75 Å². The number of carbonyl (C=O) groups excluding carboxylic acids is 1. The third-order valence-corrected chi connectivity index (χ3v) is 4.80. The Morgan fingerprint density at radius 2 is 1.75 bits per heavy atom. The minimum atomic E-state index is -0.605. The van der Waals surface area contributed by atoms with Crippen molar-refractivity contribution in [2.45, 2.75) is 13.0 Å². The highest BCUT2D eigenvalue weighted by Crippen LogP contribution is 2.18. The van der Waals surface area contributed by atoms with Gasteiger partial charge in [-0.05, 0) is 43.3 Å². The number of ether oxygens (including phenoxy) is 1. The summed E-state index contributed by atoms with van der Waals surface area (Å²) in [7, 11) is 0. The Labute approximate surface area is 165 Å². The number of rotatable bonds is 7. The van der Waals surface area contributed by atoms with Crippen LogP contribution in [0.25, 0.3) is 0 Å². The largest absolute Gasteiger partial charge is 0.491 e. The number of piperazine rings is 1. The van der Waals surface area contributed by atoms with Gasteiger partial charge in [-0.1, -0.05) is 17.7 Å². The number of amides is 2. The fourth-order valence-corrected chi connectivity index (χ4v) is 3.26. The molecule has 7 nitrogen and oxygen atoms in total. The summed E-state index contributed by atoms with van der Waals surface area (Å²) in [4.78, 5) is 15.4. The van der Waals surface area contributed by atoms with Crippen molar-refractivity contribution in [1.29, 1.82) is 0 Å². The number of nitrogens with one attached hydrogen (secondary N) is 1. The molecule has 0 aliphatic carbocycles. The van der Waals surface area contributed by atoms with E-state index in [1.54, 1.807) is 24.3 Å². The van der Waals surface area contributed by atoms with E-state index in [0.29, 0.717) is 18.0 Å². The standard InChI is InChI=1S/C21H28N4O3/c1-16-2-6-18(7-3-16)25-12-10-24(11-13-25)14-19(26)15-28-20-8-4-17(5-9-20)23-21(22)27/h2-9,19,26H,10-15H2,1H3,(H3,22,23,27)/t19-/m1/s1. The van der Waals surface area contributed by atoms with Gasteiger partial charge in [0.05, 0.1) is 0 Å². The summed E-state index contributed by atoms with van der Waals surface area (Å²) in [5.74, 6) is 0.637. The molecule has 0 unspecified atom stereocenters. The minimum absolute atomic E-state index is 0.223. The number of carbonyl (C=O) groups is 1. The topological polar surface area (TPSA) is 91.1 Å². The number of hydrogen-bond donors (Lipinski definition) is 3. The summed E-state index contributed by atoms with van der Waals surface area (Å²) in [6, 6.07) is 14.9. The molecule has 0 radical (unpaired) electrons. The molecule has 1 heterocycles. The summed E-state index contributed by atoms with van der Waals surface area (Å²) >= 11 is 0. The summed E-state index contributed by atoms with van der Waals surface area (Å²) in [5.41, 5.74) is 8.20. The highest BCUT2D eigenvalue weighted by Gasteiger charge is 2.19. The predicted molar refractivity (Wildman–Crippen MR) is 111 cm³/mol. The lowest BCUT2D eigenvalue weighted by Crippen LogP contribution is -2.49. The lowest BCUT2D eigenvalue weighted by molar-refractivity contribution is 0.0663. The molecule has 0 saturated carbocycles. The van der Waals surface area contributed by atoms with E-state index < -0.39 is 12.1 Å². The molecule has 0 bridgehead atoms. The molecular weight excluding hydrogens is 356 g/mol. The molecule has 0 aromatic heterocycles. The molecule has 7 heteroatoms. The number of urea groups is 1. The molecule has 4 N–H and O–H groups in total. The van der Waals surface area contributed by atoms with E-state index in [-0.39, 0.29) is 6.61 Å². The van der Waals surface area contributed by atoms with Crippen LogP contribution in [0, 0.1) is 6.92 Å². The van der Waals surface area contributed by atoms with Gasteiger partial charge < -0.3 is 25.8 Å². The molecule has 0 spiro atoms. The van der Waals surface area contributed by atoms with E-state index >= 15 is 0 Å². The average molecular weight is 384 g/mol. The van der Waals surface area contributed by atoms with Crippen LogP contribution in [-0.4, -0.2) is 61.5 Å². The number of nitrogens with two attached hydrogens (primary N) is 1. The number of primary amides is 1. The van der Waals surface area contributed by atoms with E-state index in [2.05, 4.69) is 46.3 Å². The van der Waals surface area contributed by atoms with Crippen LogP contribution in [0.1, 0.15) is 5.56 Å². The van der Waals surface area contributed by atoms with Crippen LogP contribution in [-0.2, 0) is 0 Å². The molecule has 3 rings (SSSR count). The van der Waals surface area contributed by atoms with Crippen molar-refractivity contribution in [3.05, 3.63) is 54.1 Å². The molecule has 2 amide bonds. The molecule has 1 fully saturated rings. The number of anilines is 2. The molecule has 2 aromatic rings. The number of hydrogen-bond acceptors (Lipinski definition) is 5. The second-order valence-corrected chi connectivity index (χ2v) is 7.10. The Balaban J connectivity index is 1.39. The number of nitrogens with zero attached hydrogens (tertiary/aromatic N) is 2. The summed E-state index contributed by atoms with van der Waals surface area (Å²) in [5, 5.41) is 12.8. The van der Waals surface area contributed by atoms with E-state index in [9.17, 15) is 9.90 Å². The van der Waals surface area contributed by atoms with Crippen molar-refractivity contribution in [2.24, 2.45) is 5.73 Å². The molecule has 1 atom stereocenters. The third-order valence-electron chi connectivity index (χ3n) is 4.80. The summed E-state index contributed by atoms with van der Waals surface area (Å²) in [6.45, 7) is 6.63. The van der Waals surface area contributed by atoms with Gasteiger partial charge in [0, 0.05) is 44.1 Å². The number of aliphatic hydroxyl groups is 1. The monoisotopic (exact) mass is 384 g/mol. The van der Waals surface area contributed by atoms with Crippen LogP contribution in [0.15, 0.2) is 48.5 Å². The zero-order chi connectivity index (χ0) is 19.9. The van der Waals surface area contributed by atoms with Gasteiger partial charge >= 0.3 is 6.03 Å². The molecule has 1 saturated heterocycles. The Bertz CT molecular complexity index is 756. The van der Waals surface area contributed by atoms with Gasteiger partial charge in [0.2, 0.25) is 0 Å². The van der Waals surface area contributed by atoms with E-state index in [4.69, 9.17) is 10.5 Å². The summed E-state index contributed by atoms with van der Waals surface area (Å²) < 4.78 is 5.64. The van der Waals surface area contributed by atoms with Crippen molar-refractivity contribution in [2.75, 3.05) is 49.5 Å². The molecular formula is C21H28N4O3. The molecule has 1 aliphatic rings. The quantitative estimate of drug-likeness (QED) is 0.680. The van der Waals surface area contributed by atoms with Gasteiger partial charge in [0.1, 0.15) is 18.5 Å². The second kappa shape index (κ2) is 9.43. The zero-order valence-corrected chi connectivity index (χ0v) is 16.2. The van der Waals surface area contributed by atoms with Gasteiger partial charge in [-0.2, -0.15) is 0 Å². The predicted octanol–water partition coefficient (Wildman–Crippen LogP) is 2.05. The highest BCUT2D eigenvalue weighted by molar-refractivity contribution is 5.87. The SMILES string of the molecule is Cc1ccc(N2CCN(C[C@@H](O)COc3ccc(NC(N)=O)cc3)CC2)cc1. The van der Waals surface area contributed by atoms with Gasteiger partial charge in [0.15, 0.2) is 0 Å². The Morgan fingerprint density at radius 1 is 1.11 bits per heavy atom. The maximum atomic E-state index is 10.8. The van der Waals surface area contributed by atoms with Gasteiger partial charge in [0.25, 0.3) is 0 Å². The Kier molecular flexibility index (Phi) is 6.73. The van der Waals surface area contributed by atoms with Crippen LogP contribution < -0.4 is 20.7 Å². The zero-order valence-electron chi connectivity index (χ0n) is 16.2. The molecule has 1 aliphatic heterocycles. The van der Waals surface area contributed by atoms with Crippen molar-refractivity contribution in [3.63, 3.8) is 0 Å². The van der Waals surface area contributed by atoms with Gasteiger partial charge in [-0.25, -0.2) is 4.79 Å². The first kappa shape index (κ1) is 20.0. The molecule has 28 heavy (non-hydrogen) atoms. The van der Waals surface area contributed by atoms with E-state index in [0.717, 1.165) is 26.2 Å². The first-order valence-electron chi connectivity index (χ1n) is 9.51. The number of β-amino-alcohol motifs (C(OH)–C–C–N with tert-alkyl or cyclic N) is 1. The van der Waals surface area contributed by atoms with Crippen LogP contribution in [0.2, 0.25) is 0 Å². The van der Waals surface area contributed by atoms with Crippen LogP contribution >= 0.6 is 0 Å². The fourth-order valence-electron chi connectivity index (χ4n) is 3.26. The van der Waals surface area contributed by atoms with E-state index in [1.165, 1.54) is 11.3 Å². The van der Waals surface area contributed by atoms with Crippen molar-refractivity contribution >= 4 is 17.4 Å². The van der Waals surface area contributed by atoms with E-state index in [1.807, 2.05) is 0 Å². The van der Waals surface area contributed by atoms with Gasteiger partial charge in [-0.3, -0.25) is 4.90 Å². The van der Waals surface area contributed by atoms with Crippen molar-refractivity contribution < 1.29 is 14.6 Å². The van der Waals surface area contributed by atoms with Crippen molar-refractivity contribution in [1.82, 2.24) is 4.90 Å². The number of aliphatic hydroxyl groups excluding tert-OH is 1. The Morgan fingerprint density at radius 3 is 2.36 bits per heavy atom. The molecule has 150 valence electrons. The normalized spacial score (nSPS) is 15.9. The second-order valence-electron chi connectivity index (χ2n) is 7.10. The van der Waals surface area contributed by atoms with Crippen LogP contribution in [0.3, 0.4) is 0 Å². The first-order valence-corrected chi connectivity index (χ1v) is 9.51. The number of aryl methyl sites for hydroxylation is 1. The van der Waals surface area contributed by atoms with Crippen LogP contribution in [0.5, 0.6) is 5.75 Å². The smallest absolute Gasteiger partial charge is 0.316 e. The fraction of sp³-hybridized carbons (Fsp3) is 0.381. The first-order chi connectivity index (χ1) is 13.5. The third kappa shape index (κ3) is 5.87. The van der Waals surface area contributed by atoms with Crippen LogP contribution in [0.4, 0.5) is 16.2 Å². The maximum Gasteiger partial charge on any atom is 0.316 e. The lowest BCUT2D eigenvalue weighted by Gasteiger charge is -2.36. The Hall–Kier alpha value is -2.77. The minimum Gasteiger partial charge on any atom is -0.491 e. The average Bonchev–Trinajstić information content (AvgIpc) is 2.68. The van der Waals surface area contributed by atoms with Gasteiger partial charge in [-0.15, -0.1) is 0 Å². The maximum absolute atomic E-state index is 10.8. The lowest BCUT2D eigenvalue weighted by atomic mass is 10.2. The number of benzene rings is 2.